The molecule has 0 radical (unpaired) electrons. The summed E-state index contributed by atoms with van der Waals surface area (Å²) in [4.78, 5) is 14.8. The van der Waals surface area contributed by atoms with Crippen molar-refractivity contribution in [2.75, 3.05) is 20.3 Å². The van der Waals surface area contributed by atoms with Gasteiger partial charge in [0, 0.05) is 37.2 Å². The van der Waals surface area contributed by atoms with E-state index in [2.05, 4.69) is 16.4 Å². The van der Waals surface area contributed by atoms with Crippen LogP contribution in [0.5, 0.6) is 0 Å². The fourth-order valence-electron chi connectivity index (χ4n) is 1.97. The number of hydrogen-bond acceptors (Lipinski definition) is 2. The van der Waals surface area contributed by atoms with E-state index < -0.39 is 0 Å². The summed E-state index contributed by atoms with van der Waals surface area (Å²) in [5.41, 5.74) is 2.31. The highest BCUT2D eigenvalue weighted by molar-refractivity contribution is 5.84. The third-order valence-corrected chi connectivity index (χ3v) is 2.92. The summed E-state index contributed by atoms with van der Waals surface area (Å²) < 4.78 is 4.88. The molecule has 0 unspecified atom stereocenters. The van der Waals surface area contributed by atoms with Crippen molar-refractivity contribution in [1.82, 2.24) is 10.3 Å². The highest BCUT2D eigenvalue weighted by atomic mass is 16.5. The Hall–Kier alpha value is -1.81. The maximum Gasteiger partial charge on any atom is 0.220 e. The normalized spacial score (nSPS) is 10.7. The van der Waals surface area contributed by atoms with Crippen LogP contribution < -0.4 is 5.32 Å². The standard InChI is InChI=1S/C14H18N2O2/c1-18-9-8-15-14(17)7-6-11-10-16-13-5-3-2-4-12(11)13/h2-5,10,16H,6-9H2,1H3,(H,15,17). The number of aryl methyl sites for hydroxylation is 1. The van der Waals surface area contributed by atoms with Crippen molar-refractivity contribution in [1.29, 1.82) is 0 Å². The number of aromatic amines is 1. The smallest absolute Gasteiger partial charge is 0.220 e. The van der Waals surface area contributed by atoms with E-state index in [9.17, 15) is 4.79 Å². The molecule has 0 atom stereocenters. The molecule has 96 valence electrons. The van der Waals surface area contributed by atoms with Gasteiger partial charge in [-0.25, -0.2) is 0 Å². The Balaban J connectivity index is 1.88. The Morgan fingerprint density at radius 3 is 3.06 bits per heavy atom. The number of rotatable bonds is 6. The van der Waals surface area contributed by atoms with Crippen molar-refractivity contribution in [2.45, 2.75) is 12.8 Å². The first-order valence-corrected chi connectivity index (χ1v) is 6.12. The minimum Gasteiger partial charge on any atom is -0.383 e. The van der Waals surface area contributed by atoms with Gasteiger partial charge in [0.05, 0.1) is 6.61 Å². The topological polar surface area (TPSA) is 54.1 Å². The summed E-state index contributed by atoms with van der Waals surface area (Å²) in [6, 6.07) is 8.12. The van der Waals surface area contributed by atoms with E-state index >= 15 is 0 Å². The van der Waals surface area contributed by atoms with Crippen LogP contribution in [-0.4, -0.2) is 31.2 Å². The number of amides is 1. The van der Waals surface area contributed by atoms with Crippen LogP contribution in [0, 0.1) is 0 Å². The number of methoxy groups -OCH3 is 1. The van der Waals surface area contributed by atoms with Gasteiger partial charge in [0.25, 0.3) is 0 Å². The Morgan fingerprint density at radius 2 is 2.22 bits per heavy atom. The van der Waals surface area contributed by atoms with Gasteiger partial charge in [0.1, 0.15) is 0 Å². The average molecular weight is 246 g/mol. The fraction of sp³-hybridized carbons (Fsp3) is 0.357. The minimum atomic E-state index is 0.0670. The lowest BCUT2D eigenvalue weighted by molar-refractivity contribution is -0.121. The maximum absolute atomic E-state index is 11.6. The highest BCUT2D eigenvalue weighted by Gasteiger charge is 2.05. The van der Waals surface area contributed by atoms with E-state index in [0.29, 0.717) is 19.6 Å². The molecule has 2 N–H and O–H groups in total. The van der Waals surface area contributed by atoms with Crippen molar-refractivity contribution in [3.05, 3.63) is 36.0 Å². The van der Waals surface area contributed by atoms with Gasteiger partial charge in [-0.15, -0.1) is 0 Å². The molecule has 0 spiro atoms. The van der Waals surface area contributed by atoms with E-state index in [1.54, 1.807) is 7.11 Å². The Bertz CT molecular complexity index is 519. The van der Waals surface area contributed by atoms with Gasteiger partial charge in [-0.05, 0) is 18.1 Å². The average Bonchev–Trinajstić information content (AvgIpc) is 2.80. The van der Waals surface area contributed by atoms with Gasteiger partial charge >= 0.3 is 0 Å². The molecular formula is C14H18N2O2. The van der Waals surface area contributed by atoms with Crippen LogP contribution in [0.3, 0.4) is 0 Å². The van der Waals surface area contributed by atoms with Crippen LogP contribution in [-0.2, 0) is 16.0 Å². The number of hydrogen-bond donors (Lipinski definition) is 2. The second-order valence-electron chi connectivity index (χ2n) is 4.20. The molecule has 0 bridgehead atoms. The number of aromatic nitrogens is 1. The van der Waals surface area contributed by atoms with Crippen LogP contribution in [0.2, 0.25) is 0 Å². The summed E-state index contributed by atoms with van der Waals surface area (Å²) in [6.45, 7) is 1.13. The number of carbonyl (C=O) groups is 1. The van der Waals surface area contributed by atoms with Crippen LogP contribution >= 0.6 is 0 Å². The Labute approximate surface area is 106 Å². The van der Waals surface area contributed by atoms with Crippen molar-refractivity contribution in [2.24, 2.45) is 0 Å². The highest BCUT2D eigenvalue weighted by Crippen LogP contribution is 2.18. The van der Waals surface area contributed by atoms with E-state index in [1.165, 1.54) is 10.9 Å². The maximum atomic E-state index is 11.6. The molecule has 4 nitrogen and oxygen atoms in total. The summed E-state index contributed by atoms with van der Waals surface area (Å²) in [6.07, 6.45) is 3.24. The van der Waals surface area contributed by atoms with Gasteiger partial charge in [0.2, 0.25) is 5.91 Å². The lowest BCUT2D eigenvalue weighted by Gasteiger charge is -2.03. The summed E-state index contributed by atoms with van der Waals surface area (Å²) in [7, 11) is 1.62. The molecule has 0 aliphatic carbocycles. The van der Waals surface area contributed by atoms with Gasteiger partial charge < -0.3 is 15.0 Å². The molecular weight excluding hydrogens is 228 g/mol. The predicted molar refractivity (Wildman–Crippen MR) is 71.5 cm³/mol. The zero-order valence-electron chi connectivity index (χ0n) is 10.5. The molecule has 1 aromatic heterocycles. The first kappa shape index (κ1) is 12.6. The van der Waals surface area contributed by atoms with E-state index in [4.69, 9.17) is 4.74 Å². The van der Waals surface area contributed by atoms with Gasteiger partial charge in [-0.1, -0.05) is 18.2 Å². The van der Waals surface area contributed by atoms with Crippen LogP contribution in [0.1, 0.15) is 12.0 Å². The van der Waals surface area contributed by atoms with E-state index in [1.807, 2.05) is 24.4 Å². The molecule has 0 aliphatic rings. The number of fused-ring (bicyclic) bond motifs is 1. The third kappa shape index (κ3) is 3.11. The first-order valence-electron chi connectivity index (χ1n) is 6.12. The second kappa shape index (κ2) is 6.21. The van der Waals surface area contributed by atoms with E-state index in [-0.39, 0.29) is 5.91 Å². The molecule has 0 saturated heterocycles. The van der Waals surface area contributed by atoms with Crippen molar-refractivity contribution >= 4 is 16.8 Å². The Kier molecular flexibility index (Phi) is 4.36. The molecule has 1 heterocycles. The molecule has 4 heteroatoms. The molecule has 2 aromatic rings. The minimum absolute atomic E-state index is 0.0670. The zero-order valence-corrected chi connectivity index (χ0v) is 10.5. The number of para-hydroxylation sites is 1. The lowest BCUT2D eigenvalue weighted by atomic mass is 10.1. The summed E-state index contributed by atoms with van der Waals surface area (Å²) >= 11 is 0. The molecule has 0 fully saturated rings. The molecule has 0 aliphatic heterocycles. The molecule has 0 saturated carbocycles. The SMILES string of the molecule is COCCNC(=O)CCc1c[nH]c2ccccc12. The van der Waals surface area contributed by atoms with Crippen molar-refractivity contribution < 1.29 is 9.53 Å². The third-order valence-electron chi connectivity index (χ3n) is 2.92. The monoisotopic (exact) mass is 246 g/mol. The predicted octanol–water partition coefficient (Wildman–Crippen LogP) is 1.86. The number of carbonyl (C=O) groups excluding carboxylic acids is 1. The summed E-state index contributed by atoms with van der Waals surface area (Å²) in [5, 5.41) is 4.02. The van der Waals surface area contributed by atoms with Crippen LogP contribution in [0.15, 0.2) is 30.5 Å². The van der Waals surface area contributed by atoms with E-state index in [0.717, 1.165) is 11.9 Å². The van der Waals surface area contributed by atoms with Gasteiger partial charge in [-0.2, -0.15) is 0 Å². The van der Waals surface area contributed by atoms with Crippen LogP contribution in [0.4, 0.5) is 0 Å². The first-order chi connectivity index (χ1) is 8.81. The quantitative estimate of drug-likeness (QED) is 0.764. The molecule has 2 rings (SSSR count). The molecule has 1 aromatic carbocycles. The molecule has 1 amide bonds. The largest absolute Gasteiger partial charge is 0.383 e. The van der Waals surface area contributed by atoms with Gasteiger partial charge in [-0.3, -0.25) is 4.79 Å². The second-order valence-corrected chi connectivity index (χ2v) is 4.20. The lowest BCUT2D eigenvalue weighted by Crippen LogP contribution is -2.27. The van der Waals surface area contributed by atoms with Crippen molar-refractivity contribution in [3.8, 4) is 0 Å². The number of nitrogens with one attached hydrogen (secondary N) is 2. The number of benzene rings is 1. The summed E-state index contributed by atoms with van der Waals surface area (Å²) in [5.74, 6) is 0.0670. The Morgan fingerprint density at radius 1 is 1.39 bits per heavy atom. The van der Waals surface area contributed by atoms with Crippen LogP contribution in [0.25, 0.3) is 10.9 Å². The zero-order chi connectivity index (χ0) is 12.8. The fourth-order valence-corrected chi connectivity index (χ4v) is 1.97. The number of H-pyrrole nitrogens is 1. The van der Waals surface area contributed by atoms with Gasteiger partial charge in [0.15, 0.2) is 0 Å². The number of ether oxygens (including phenoxy) is 1. The van der Waals surface area contributed by atoms with Crippen molar-refractivity contribution in [3.63, 3.8) is 0 Å². The molecule has 18 heavy (non-hydrogen) atoms.